The summed E-state index contributed by atoms with van der Waals surface area (Å²) in [5.41, 5.74) is 2.44. The molecule has 1 fully saturated rings. The highest BCUT2D eigenvalue weighted by Gasteiger charge is 2.29. The minimum absolute atomic E-state index is 0.0804. The molecule has 1 amide bonds. The topological polar surface area (TPSA) is 81.2 Å². The minimum Gasteiger partial charge on any atom is -0.448 e. The molecule has 6 nitrogen and oxygen atoms in total. The molecule has 1 aliphatic rings. The molecule has 0 unspecified atom stereocenters. The monoisotopic (exact) mass is 311 g/mol. The van der Waals surface area contributed by atoms with Crippen LogP contribution >= 0.6 is 0 Å². The summed E-state index contributed by atoms with van der Waals surface area (Å²) in [6.07, 6.45) is 3.85. The van der Waals surface area contributed by atoms with E-state index in [0.717, 1.165) is 24.1 Å². The molecule has 118 valence electrons. The summed E-state index contributed by atoms with van der Waals surface area (Å²) in [4.78, 5) is 16.7. The number of carbonyl (C=O) groups excluding carboxylic acids is 1. The first kappa shape index (κ1) is 14.0. The van der Waals surface area contributed by atoms with Gasteiger partial charge in [-0.2, -0.15) is 0 Å². The van der Waals surface area contributed by atoms with E-state index in [1.807, 2.05) is 13.8 Å². The van der Waals surface area contributed by atoms with Gasteiger partial charge in [-0.15, -0.1) is 0 Å². The van der Waals surface area contributed by atoms with Crippen molar-refractivity contribution in [3.63, 3.8) is 0 Å². The highest BCUT2D eigenvalue weighted by atomic mass is 16.5. The van der Waals surface area contributed by atoms with E-state index in [-0.39, 0.29) is 11.9 Å². The molecule has 6 heteroatoms. The number of benzene rings is 1. The first-order valence-corrected chi connectivity index (χ1v) is 7.78. The molecule has 4 rings (SSSR count). The third kappa shape index (κ3) is 2.60. The van der Waals surface area contributed by atoms with Crippen molar-refractivity contribution in [2.75, 3.05) is 0 Å². The van der Waals surface area contributed by atoms with E-state index in [0.29, 0.717) is 28.5 Å². The van der Waals surface area contributed by atoms with Crippen molar-refractivity contribution >= 4 is 16.9 Å². The molecule has 0 saturated heterocycles. The molecule has 0 bridgehead atoms. The number of nitrogens with one attached hydrogen (secondary N) is 1. The zero-order valence-corrected chi connectivity index (χ0v) is 13.0. The van der Waals surface area contributed by atoms with E-state index in [9.17, 15) is 4.79 Å². The Morgan fingerprint density at radius 3 is 2.91 bits per heavy atom. The summed E-state index contributed by atoms with van der Waals surface area (Å²) >= 11 is 0. The molecule has 3 aromatic rings. The molecule has 1 saturated carbocycles. The number of oxazole rings is 1. The fourth-order valence-electron chi connectivity index (χ4n) is 2.52. The van der Waals surface area contributed by atoms with Crippen molar-refractivity contribution in [1.29, 1.82) is 0 Å². The van der Waals surface area contributed by atoms with Crippen LogP contribution in [0.15, 0.2) is 33.4 Å². The lowest BCUT2D eigenvalue weighted by Gasteiger charge is -2.07. The Bertz CT molecular complexity index is 874. The minimum atomic E-state index is -0.118. The average Bonchev–Trinajstić information content (AvgIpc) is 3.10. The second kappa shape index (κ2) is 5.22. The molecule has 23 heavy (non-hydrogen) atoms. The number of hydrogen-bond acceptors (Lipinski definition) is 5. The lowest BCUT2D eigenvalue weighted by Crippen LogP contribution is -2.29. The molecule has 0 spiro atoms. The molecular formula is C17H17N3O3. The first-order valence-electron chi connectivity index (χ1n) is 7.78. The maximum absolute atomic E-state index is 12.2. The maximum Gasteiger partial charge on any atom is 0.251 e. The Balaban J connectivity index is 1.73. The van der Waals surface area contributed by atoms with E-state index in [1.54, 1.807) is 24.5 Å². The number of carbonyl (C=O) groups is 1. The van der Waals surface area contributed by atoms with Crippen LogP contribution in [0.25, 0.3) is 22.4 Å². The predicted molar refractivity (Wildman–Crippen MR) is 84.1 cm³/mol. The van der Waals surface area contributed by atoms with Gasteiger partial charge in [-0.1, -0.05) is 5.16 Å². The summed E-state index contributed by atoms with van der Waals surface area (Å²) < 4.78 is 10.9. The lowest BCUT2D eigenvalue weighted by molar-refractivity contribution is 0.0943. The highest BCUT2D eigenvalue weighted by molar-refractivity contribution is 6.00. The van der Waals surface area contributed by atoms with Crippen LogP contribution in [-0.4, -0.2) is 22.1 Å². The summed E-state index contributed by atoms with van der Waals surface area (Å²) in [5.74, 6) is 1.08. The van der Waals surface area contributed by atoms with Crippen LogP contribution in [0, 0.1) is 0 Å². The van der Waals surface area contributed by atoms with E-state index in [2.05, 4.69) is 15.5 Å². The number of amides is 1. The summed E-state index contributed by atoms with van der Waals surface area (Å²) in [6, 6.07) is 5.34. The Labute approximate surface area is 132 Å². The molecule has 2 aromatic heterocycles. The summed E-state index contributed by atoms with van der Waals surface area (Å²) in [7, 11) is 0. The SMILES string of the molecule is CC(C)NC(=O)c1ccc2onc(-c3coc(C4CC4)n3)c2c1. The number of aromatic nitrogens is 2. The largest absolute Gasteiger partial charge is 0.448 e. The van der Waals surface area contributed by atoms with Gasteiger partial charge in [0.05, 0.1) is 5.39 Å². The van der Waals surface area contributed by atoms with Crippen LogP contribution in [0.4, 0.5) is 0 Å². The third-order valence-electron chi connectivity index (χ3n) is 3.84. The van der Waals surface area contributed by atoms with Crippen LogP contribution in [-0.2, 0) is 0 Å². The Morgan fingerprint density at radius 2 is 2.17 bits per heavy atom. The summed E-state index contributed by atoms with van der Waals surface area (Å²) in [6.45, 7) is 3.85. The second-order valence-electron chi connectivity index (χ2n) is 6.22. The van der Waals surface area contributed by atoms with Gasteiger partial charge in [0.1, 0.15) is 17.7 Å². The molecular weight excluding hydrogens is 294 g/mol. The van der Waals surface area contributed by atoms with Gasteiger partial charge in [0.25, 0.3) is 5.91 Å². The van der Waals surface area contributed by atoms with E-state index in [4.69, 9.17) is 8.94 Å². The number of nitrogens with zero attached hydrogens (tertiary/aromatic N) is 2. The fourth-order valence-corrected chi connectivity index (χ4v) is 2.52. The van der Waals surface area contributed by atoms with Crippen molar-refractivity contribution in [2.24, 2.45) is 0 Å². The van der Waals surface area contributed by atoms with Gasteiger partial charge < -0.3 is 14.3 Å². The van der Waals surface area contributed by atoms with Crippen LogP contribution in [0.2, 0.25) is 0 Å². The van der Waals surface area contributed by atoms with Crippen molar-refractivity contribution in [3.8, 4) is 11.4 Å². The van der Waals surface area contributed by atoms with Crippen molar-refractivity contribution in [1.82, 2.24) is 15.5 Å². The fraction of sp³-hybridized carbons (Fsp3) is 0.353. The van der Waals surface area contributed by atoms with Crippen molar-refractivity contribution < 1.29 is 13.7 Å². The Kier molecular flexibility index (Phi) is 3.18. The maximum atomic E-state index is 12.2. The molecule has 0 radical (unpaired) electrons. The van der Waals surface area contributed by atoms with E-state index >= 15 is 0 Å². The molecule has 1 aromatic carbocycles. The van der Waals surface area contributed by atoms with E-state index in [1.165, 1.54) is 0 Å². The van der Waals surface area contributed by atoms with Gasteiger partial charge in [-0.3, -0.25) is 4.79 Å². The lowest BCUT2D eigenvalue weighted by atomic mass is 10.1. The smallest absolute Gasteiger partial charge is 0.251 e. The van der Waals surface area contributed by atoms with E-state index < -0.39 is 0 Å². The first-order chi connectivity index (χ1) is 11.1. The molecule has 1 aliphatic carbocycles. The Morgan fingerprint density at radius 1 is 1.35 bits per heavy atom. The zero-order valence-electron chi connectivity index (χ0n) is 13.0. The molecule has 0 atom stereocenters. The van der Waals surface area contributed by atoms with Gasteiger partial charge in [-0.25, -0.2) is 4.98 Å². The van der Waals surface area contributed by atoms with Crippen LogP contribution in [0.5, 0.6) is 0 Å². The quantitative estimate of drug-likeness (QED) is 0.797. The molecule has 0 aliphatic heterocycles. The molecule has 2 heterocycles. The van der Waals surface area contributed by atoms with Gasteiger partial charge in [0.2, 0.25) is 0 Å². The van der Waals surface area contributed by atoms with Crippen molar-refractivity contribution in [2.45, 2.75) is 38.6 Å². The Hall–Kier alpha value is -2.63. The van der Waals surface area contributed by atoms with Gasteiger partial charge in [-0.05, 0) is 44.9 Å². The van der Waals surface area contributed by atoms with Gasteiger partial charge >= 0.3 is 0 Å². The predicted octanol–water partition coefficient (Wildman–Crippen LogP) is 3.50. The normalized spacial score (nSPS) is 14.6. The standard InChI is InChI=1S/C17H17N3O3/c1-9(2)18-16(21)11-5-6-14-12(7-11)15(20-23-14)13-8-22-17(19-13)10-3-4-10/h5-10H,3-4H2,1-2H3,(H,18,21). The van der Waals surface area contributed by atoms with Crippen LogP contribution in [0.1, 0.15) is 48.9 Å². The molecule has 1 N–H and O–H groups in total. The number of fused-ring (bicyclic) bond motifs is 1. The van der Waals surface area contributed by atoms with Crippen LogP contribution in [0.3, 0.4) is 0 Å². The third-order valence-corrected chi connectivity index (χ3v) is 3.84. The van der Waals surface area contributed by atoms with Gasteiger partial charge in [0.15, 0.2) is 11.5 Å². The second-order valence-corrected chi connectivity index (χ2v) is 6.22. The number of hydrogen-bond donors (Lipinski definition) is 1. The average molecular weight is 311 g/mol. The zero-order chi connectivity index (χ0) is 16.0. The van der Waals surface area contributed by atoms with Gasteiger partial charge in [0, 0.05) is 17.5 Å². The van der Waals surface area contributed by atoms with Crippen molar-refractivity contribution in [3.05, 3.63) is 35.9 Å². The number of rotatable bonds is 4. The van der Waals surface area contributed by atoms with Crippen LogP contribution < -0.4 is 5.32 Å². The summed E-state index contributed by atoms with van der Waals surface area (Å²) in [5, 5.41) is 7.73. The highest BCUT2D eigenvalue weighted by Crippen LogP contribution is 2.40.